The third-order valence-electron chi connectivity index (χ3n) is 4.61. The van der Waals surface area contributed by atoms with Crippen LogP contribution in [0.4, 0.5) is 0 Å². The van der Waals surface area contributed by atoms with Crippen LogP contribution in [0, 0.1) is 0 Å². The second-order valence-electron chi connectivity index (χ2n) is 6.61. The maximum absolute atomic E-state index is 12.6. The average molecular weight is 456 g/mol. The second kappa shape index (κ2) is 9.26. The molecule has 0 amide bonds. The van der Waals surface area contributed by atoms with Crippen LogP contribution in [0.15, 0.2) is 47.4 Å². The van der Waals surface area contributed by atoms with Gasteiger partial charge in [0.15, 0.2) is 12.4 Å². The molecule has 1 aliphatic rings. The van der Waals surface area contributed by atoms with E-state index in [1.165, 1.54) is 46.8 Å². The van der Waals surface area contributed by atoms with E-state index in [4.69, 9.17) is 27.9 Å². The molecule has 0 unspecified atom stereocenters. The van der Waals surface area contributed by atoms with E-state index in [2.05, 4.69) is 0 Å². The molecule has 0 aromatic heterocycles. The van der Waals surface area contributed by atoms with Crippen LogP contribution in [-0.4, -0.2) is 44.2 Å². The molecule has 1 aliphatic heterocycles. The molecule has 2 aromatic carbocycles. The minimum Gasteiger partial charge on any atom is -0.454 e. The molecule has 1 heterocycles. The zero-order chi connectivity index (χ0) is 21.0. The summed E-state index contributed by atoms with van der Waals surface area (Å²) in [5.74, 6) is -1.23. The average Bonchev–Trinajstić information content (AvgIpc) is 2.74. The third-order valence-corrected chi connectivity index (χ3v) is 7.09. The van der Waals surface area contributed by atoms with Crippen LogP contribution in [0.1, 0.15) is 40.0 Å². The van der Waals surface area contributed by atoms with Crippen LogP contribution in [0.25, 0.3) is 0 Å². The van der Waals surface area contributed by atoms with E-state index in [0.717, 1.165) is 19.3 Å². The van der Waals surface area contributed by atoms with Crippen molar-refractivity contribution in [2.45, 2.75) is 24.2 Å². The minimum absolute atomic E-state index is 0.0648. The Balaban J connectivity index is 1.64. The lowest BCUT2D eigenvalue weighted by molar-refractivity contribution is 0.0475. The predicted octanol–water partition coefficient (Wildman–Crippen LogP) is 4.21. The van der Waals surface area contributed by atoms with E-state index in [0.29, 0.717) is 18.1 Å². The van der Waals surface area contributed by atoms with Crippen molar-refractivity contribution in [3.05, 3.63) is 63.6 Å². The number of hydrogen-bond donors (Lipinski definition) is 0. The molecular formula is C20H19Cl2NO5S. The molecule has 0 atom stereocenters. The van der Waals surface area contributed by atoms with Crippen molar-refractivity contribution in [1.82, 2.24) is 4.31 Å². The Hall–Kier alpha value is -1.93. The number of ether oxygens (including phenoxy) is 1. The van der Waals surface area contributed by atoms with Gasteiger partial charge in [-0.2, -0.15) is 4.31 Å². The van der Waals surface area contributed by atoms with Crippen LogP contribution >= 0.6 is 23.2 Å². The predicted molar refractivity (Wildman–Crippen MR) is 110 cm³/mol. The number of Topliss-reactive ketones (excluding diaryl/α,β-unsaturated/α-hetero) is 1. The van der Waals surface area contributed by atoms with Crippen LogP contribution in [-0.2, 0) is 14.8 Å². The Bertz CT molecular complexity index is 1020. The molecular weight excluding hydrogens is 437 g/mol. The largest absolute Gasteiger partial charge is 0.454 e. The summed E-state index contributed by atoms with van der Waals surface area (Å²) in [5.41, 5.74) is 0.308. The molecule has 1 fully saturated rings. The Morgan fingerprint density at radius 1 is 0.966 bits per heavy atom. The SMILES string of the molecule is O=C(COC(=O)c1cc(Cl)ccc1Cl)c1ccc(S(=O)(=O)N2CCCCC2)cc1. The van der Waals surface area contributed by atoms with Crippen LogP contribution in [0.2, 0.25) is 10.0 Å². The number of esters is 1. The number of hydrogen-bond acceptors (Lipinski definition) is 5. The molecule has 0 bridgehead atoms. The summed E-state index contributed by atoms with van der Waals surface area (Å²) in [4.78, 5) is 24.5. The minimum atomic E-state index is -3.57. The number of ketones is 1. The smallest absolute Gasteiger partial charge is 0.340 e. The molecule has 29 heavy (non-hydrogen) atoms. The number of nitrogens with zero attached hydrogens (tertiary/aromatic N) is 1. The van der Waals surface area contributed by atoms with E-state index >= 15 is 0 Å². The highest BCUT2D eigenvalue weighted by atomic mass is 35.5. The molecule has 2 aromatic rings. The molecule has 0 spiro atoms. The van der Waals surface area contributed by atoms with Gasteiger partial charge in [-0.25, -0.2) is 13.2 Å². The van der Waals surface area contributed by atoms with Gasteiger partial charge < -0.3 is 4.74 Å². The van der Waals surface area contributed by atoms with Gasteiger partial charge in [0.1, 0.15) is 0 Å². The summed E-state index contributed by atoms with van der Waals surface area (Å²) in [5, 5.41) is 0.484. The number of halogens is 2. The summed E-state index contributed by atoms with van der Waals surface area (Å²) < 4.78 is 31.8. The molecule has 9 heteroatoms. The van der Waals surface area contributed by atoms with Crippen molar-refractivity contribution >= 4 is 45.0 Å². The second-order valence-corrected chi connectivity index (χ2v) is 9.39. The monoisotopic (exact) mass is 455 g/mol. The van der Waals surface area contributed by atoms with Gasteiger partial charge in [-0.05, 0) is 55.3 Å². The fraction of sp³-hybridized carbons (Fsp3) is 0.300. The fourth-order valence-electron chi connectivity index (χ4n) is 3.01. The number of piperidine rings is 1. The molecule has 0 radical (unpaired) electrons. The normalized spacial score (nSPS) is 15.1. The van der Waals surface area contributed by atoms with E-state index in [-0.39, 0.29) is 21.0 Å². The first kappa shape index (κ1) is 21.8. The molecule has 0 N–H and O–H groups in total. The Labute approximate surface area is 179 Å². The standard InChI is InChI=1S/C20H19Cl2NO5S/c21-15-6-9-18(22)17(12-15)20(25)28-13-19(24)14-4-7-16(8-5-14)29(26,27)23-10-2-1-3-11-23/h4-9,12H,1-3,10-11,13H2. The van der Waals surface area contributed by atoms with Gasteiger partial charge in [0.05, 0.1) is 15.5 Å². The Morgan fingerprint density at radius 2 is 1.62 bits per heavy atom. The quantitative estimate of drug-likeness (QED) is 0.481. The summed E-state index contributed by atoms with van der Waals surface area (Å²) in [7, 11) is -3.57. The highest BCUT2D eigenvalue weighted by molar-refractivity contribution is 7.89. The summed E-state index contributed by atoms with van der Waals surface area (Å²) in [6.07, 6.45) is 2.72. The molecule has 3 rings (SSSR count). The van der Waals surface area contributed by atoms with Gasteiger partial charge in [-0.15, -0.1) is 0 Å². The van der Waals surface area contributed by atoms with Crippen molar-refractivity contribution in [3.8, 4) is 0 Å². The van der Waals surface area contributed by atoms with Crippen molar-refractivity contribution in [1.29, 1.82) is 0 Å². The number of rotatable bonds is 6. The van der Waals surface area contributed by atoms with Crippen LogP contribution in [0.5, 0.6) is 0 Å². The van der Waals surface area contributed by atoms with Gasteiger partial charge in [0.2, 0.25) is 10.0 Å². The first-order valence-electron chi connectivity index (χ1n) is 9.04. The van der Waals surface area contributed by atoms with E-state index < -0.39 is 28.4 Å². The van der Waals surface area contributed by atoms with E-state index in [1.807, 2.05) is 0 Å². The lowest BCUT2D eigenvalue weighted by Crippen LogP contribution is -2.35. The lowest BCUT2D eigenvalue weighted by Gasteiger charge is -2.25. The summed E-state index contributed by atoms with van der Waals surface area (Å²) in [6.45, 7) is 0.510. The summed E-state index contributed by atoms with van der Waals surface area (Å²) in [6, 6.07) is 9.98. The maximum Gasteiger partial charge on any atom is 0.340 e. The van der Waals surface area contributed by atoms with E-state index in [9.17, 15) is 18.0 Å². The summed E-state index contributed by atoms with van der Waals surface area (Å²) >= 11 is 11.8. The zero-order valence-electron chi connectivity index (χ0n) is 15.4. The molecule has 6 nitrogen and oxygen atoms in total. The Kier molecular flexibility index (Phi) is 6.95. The van der Waals surface area contributed by atoms with Gasteiger partial charge >= 0.3 is 5.97 Å². The first-order chi connectivity index (χ1) is 13.8. The van der Waals surface area contributed by atoms with E-state index in [1.54, 1.807) is 0 Å². The van der Waals surface area contributed by atoms with Crippen molar-refractivity contribution < 1.29 is 22.7 Å². The number of carbonyl (C=O) groups is 2. The number of carbonyl (C=O) groups excluding carboxylic acids is 2. The van der Waals surface area contributed by atoms with Gasteiger partial charge in [0.25, 0.3) is 0 Å². The number of benzene rings is 2. The highest BCUT2D eigenvalue weighted by Crippen LogP contribution is 2.22. The third kappa shape index (κ3) is 5.17. The van der Waals surface area contributed by atoms with Gasteiger partial charge in [-0.1, -0.05) is 29.6 Å². The van der Waals surface area contributed by atoms with Crippen LogP contribution in [0.3, 0.4) is 0 Å². The van der Waals surface area contributed by atoms with Crippen molar-refractivity contribution in [2.75, 3.05) is 19.7 Å². The van der Waals surface area contributed by atoms with Gasteiger partial charge in [0, 0.05) is 23.7 Å². The molecule has 154 valence electrons. The fourth-order valence-corrected chi connectivity index (χ4v) is 4.90. The topological polar surface area (TPSA) is 80.8 Å². The highest BCUT2D eigenvalue weighted by Gasteiger charge is 2.26. The van der Waals surface area contributed by atoms with Crippen molar-refractivity contribution in [3.63, 3.8) is 0 Å². The molecule has 0 aliphatic carbocycles. The zero-order valence-corrected chi connectivity index (χ0v) is 17.8. The first-order valence-corrected chi connectivity index (χ1v) is 11.2. The molecule has 1 saturated heterocycles. The van der Waals surface area contributed by atoms with Crippen molar-refractivity contribution in [2.24, 2.45) is 0 Å². The molecule has 0 saturated carbocycles. The maximum atomic E-state index is 12.6. The lowest BCUT2D eigenvalue weighted by atomic mass is 10.1. The van der Waals surface area contributed by atoms with Gasteiger partial charge in [-0.3, -0.25) is 4.79 Å². The Morgan fingerprint density at radius 3 is 2.28 bits per heavy atom. The number of sulfonamides is 1. The van der Waals surface area contributed by atoms with Crippen LogP contribution < -0.4 is 0 Å².